The fourth-order valence-electron chi connectivity index (χ4n) is 5.94. The van der Waals surface area contributed by atoms with Gasteiger partial charge in [0.25, 0.3) is 5.56 Å². The van der Waals surface area contributed by atoms with Crippen molar-refractivity contribution in [1.82, 2.24) is 24.8 Å². The van der Waals surface area contributed by atoms with Gasteiger partial charge in [-0.15, -0.1) is 0 Å². The van der Waals surface area contributed by atoms with E-state index < -0.39 is 11.6 Å². The summed E-state index contributed by atoms with van der Waals surface area (Å²) in [6.07, 6.45) is 4.51. The summed E-state index contributed by atoms with van der Waals surface area (Å²) in [4.78, 5) is 29.5. The van der Waals surface area contributed by atoms with Gasteiger partial charge >= 0.3 is 6.01 Å². The molecule has 2 bridgehead atoms. The molecule has 1 aromatic carbocycles. The second-order valence-corrected chi connectivity index (χ2v) is 11.1. The maximum atomic E-state index is 16.7. The minimum Gasteiger partial charge on any atom is -0.467 e. The van der Waals surface area contributed by atoms with Gasteiger partial charge in [-0.05, 0) is 44.2 Å². The lowest BCUT2D eigenvalue weighted by molar-refractivity contribution is 0.307. The van der Waals surface area contributed by atoms with Crippen molar-refractivity contribution >= 4 is 43.4 Å². The van der Waals surface area contributed by atoms with Gasteiger partial charge in [-0.3, -0.25) is 4.79 Å². The summed E-state index contributed by atoms with van der Waals surface area (Å²) in [5.41, 5.74) is 6.02. The Hall–Kier alpha value is -3.38. The zero-order valence-corrected chi connectivity index (χ0v) is 20.9. The summed E-state index contributed by atoms with van der Waals surface area (Å²) in [6, 6.07) is 3.10. The number of anilines is 2. The number of halogens is 2. The zero-order chi connectivity index (χ0) is 25.4. The molecule has 0 radical (unpaired) electrons. The van der Waals surface area contributed by atoms with E-state index >= 15 is 4.39 Å². The molecule has 3 aromatic heterocycles. The van der Waals surface area contributed by atoms with Crippen molar-refractivity contribution in [3.8, 4) is 17.3 Å². The third kappa shape index (κ3) is 3.42. The van der Waals surface area contributed by atoms with Crippen molar-refractivity contribution in [3.05, 3.63) is 34.1 Å². The van der Waals surface area contributed by atoms with Gasteiger partial charge in [-0.1, -0.05) is 11.3 Å². The van der Waals surface area contributed by atoms with Crippen LogP contribution in [0.2, 0.25) is 0 Å². The Morgan fingerprint density at radius 1 is 1.08 bits per heavy atom. The highest BCUT2D eigenvalue weighted by Crippen LogP contribution is 2.42. The zero-order valence-electron chi connectivity index (χ0n) is 20.1. The highest BCUT2D eigenvalue weighted by atomic mass is 32.1. The number of aromatic nitrogens is 4. The maximum absolute atomic E-state index is 16.7. The molecule has 0 spiro atoms. The minimum absolute atomic E-state index is 0.0128. The van der Waals surface area contributed by atoms with Crippen molar-refractivity contribution in [2.75, 3.05) is 30.8 Å². The number of nitrogens with two attached hydrogens (primary N) is 1. The first-order valence-corrected chi connectivity index (χ1v) is 13.3. The summed E-state index contributed by atoms with van der Waals surface area (Å²) < 4.78 is 38.4. The lowest BCUT2D eigenvalue weighted by atomic mass is 9.91. The van der Waals surface area contributed by atoms with Crippen molar-refractivity contribution in [3.63, 3.8) is 0 Å². The number of rotatable bonds is 4. The number of nitrogens with one attached hydrogen (secondary N) is 1. The Morgan fingerprint density at radius 2 is 1.84 bits per heavy atom. The van der Waals surface area contributed by atoms with Crippen LogP contribution < -0.4 is 26.2 Å². The molecule has 5 heterocycles. The molecule has 9 nitrogen and oxygen atoms in total. The first-order valence-electron chi connectivity index (χ1n) is 12.5. The molecule has 1 aliphatic carbocycles. The first-order chi connectivity index (χ1) is 17.9. The highest BCUT2D eigenvalue weighted by molar-refractivity contribution is 7.22. The highest BCUT2D eigenvalue weighted by Gasteiger charge is 2.36. The van der Waals surface area contributed by atoms with Gasteiger partial charge in [-0.2, -0.15) is 9.97 Å². The number of benzene rings is 1. The number of pyridine rings is 1. The van der Waals surface area contributed by atoms with Crippen LogP contribution in [0.4, 0.5) is 19.7 Å². The number of methoxy groups -OCH3 is 1. The molecule has 192 valence electrons. The molecule has 2 atom stereocenters. The van der Waals surface area contributed by atoms with Crippen LogP contribution in [-0.2, 0) is 0 Å². The van der Waals surface area contributed by atoms with Crippen LogP contribution in [0.25, 0.3) is 32.4 Å². The molecule has 4 aromatic rings. The average molecular weight is 526 g/mol. The number of fused-ring (bicyclic) bond motifs is 4. The largest absolute Gasteiger partial charge is 0.467 e. The van der Waals surface area contributed by atoms with Crippen LogP contribution in [0.15, 0.2) is 16.9 Å². The van der Waals surface area contributed by atoms with Crippen LogP contribution in [0.1, 0.15) is 38.1 Å². The molecule has 2 aliphatic heterocycles. The van der Waals surface area contributed by atoms with Crippen molar-refractivity contribution < 1.29 is 13.5 Å². The second kappa shape index (κ2) is 8.32. The molecule has 3 N–H and O–H groups in total. The molecule has 37 heavy (non-hydrogen) atoms. The van der Waals surface area contributed by atoms with Crippen molar-refractivity contribution in [2.24, 2.45) is 0 Å². The lowest BCUT2D eigenvalue weighted by Crippen LogP contribution is -2.51. The number of piperazine rings is 1. The van der Waals surface area contributed by atoms with Gasteiger partial charge in [-0.25, -0.2) is 13.8 Å². The summed E-state index contributed by atoms with van der Waals surface area (Å²) in [5, 5.41) is 3.89. The summed E-state index contributed by atoms with van der Waals surface area (Å²) in [6.45, 7) is 1.32. The third-order valence-corrected chi connectivity index (χ3v) is 8.76. The van der Waals surface area contributed by atoms with E-state index in [1.165, 1.54) is 23.8 Å². The third-order valence-electron chi connectivity index (χ3n) is 7.86. The number of hydrogen-bond donors (Lipinski definition) is 2. The average Bonchev–Trinajstić information content (AvgIpc) is 3.42. The minimum atomic E-state index is -0.680. The van der Waals surface area contributed by atoms with Crippen molar-refractivity contribution in [2.45, 2.75) is 50.2 Å². The van der Waals surface area contributed by atoms with Crippen LogP contribution in [0.3, 0.4) is 0 Å². The number of thiazole rings is 1. The molecular formula is C25H25F2N7O2S. The van der Waals surface area contributed by atoms with Gasteiger partial charge in [0.15, 0.2) is 10.9 Å². The molecule has 3 aliphatic rings. The number of nitrogens with zero attached hydrogens (tertiary/aromatic N) is 5. The standard InChI is InChI=1S/C25H25F2N7O2S/c1-36-25-31-19-16(22(32-25)33-9-11-5-6-12(10-33)29-11)23(35)34(13-3-2-4-13)20(17(19)27)14-7-8-15(26)21-18(14)30-24(28)37-21/h7-8,11-13,29H,2-6,9-10H2,1H3,(H2,28,30). The molecular weight excluding hydrogens is 500 g/mol. The molecule has 0 amide bonds. The Labute approximate surface area is 214 Å². The smallest absolute Gasteiger partial charge is 0.318 e. The van der Waals surface area contributed by atoms with E-state index in [9.17, 15) is 9.18 Å². The van der Waals surface area contributed by atoms with Crippen LogP contribution in [0, 0.1) is 11.6 Å². The summed E-state index contributed by atoms with van der Waals surface area (Å²) in [5.74, 6) is -0.779. The molecule has 1 saturated carbocycles. The lowest BCUT2D eigenvalue weighted by Gasteiger charge is -2.35. The molecule has 2 unspecified atom stereocenters. The van der Waals surface area contributed by atoms with E-state index in [1.807, 2.05) is 4.90 Å². The van der Waals surface area contributed by atoms with Gasteiger partial charge in [0.05, 0.1) is 23.0 Å². The van der Waals surface area contributed by atoms with Crippen LogP contribution >= 0.6 is 11.3 Å². The molecule has 3 fully saturated rings. The quantitative estimate of drug-likeness (QED) is 0.416. The van der Waals surface area contributed by atoms with E-state index in [0.29, 0.717) is 24.5 Å². The van der Waals surface area contributed by atoms with E-state index in [0.717, 1.165) is 43.4 Å². The Kier molecular flexibility index (Phi) is 5.12. The fraction of sp³-hybridized carbons (Fsp3) is 0.440. The second-order valence-electron chi connectivity index (χ2n) is 10.0. The monoisotopic (exact) mass is 525 g/mol. The van der Waals surface area contributed by atoms with E-state index in [-0.39, 0.29) is 61.6 Å². The summed E-state index contributed by atoms with van der Waals surface area (Å²) >= 11 is 0.992. The summed E-state index contributed by atoms with van der Waals surface area (Å²) in [7, 11) is 1.42. The van der Waals surface area contributed by atoms with Gasteiger partial charge in [0, 0.05) is 36.8 Å². The van der Waals surface area contributed by atoms with E-state index in [1.54, 1.807) is 0 Å². The van der Waals surface area contributed by atoms with E-state index in [4.69, 9.17) is 10.5 Å². The van der Waals surface area contributed by atoms with E-state index in [2.05, 4.69) is 20.3 Å². The fourth-order valence-corrected chi connectivity index (χ4v) is 6.70. The Balaban J connectivity index is 1.55. The predicted octanol–water partition coefficient (Wildman–Crippen LogP) is 3.60. The Morgan fingerprint density at radius 3 is 2.51 bits per heavy atom. The first kappa shape index (κ1) is 22.8. The van der Waals surface area contributed by atoms with Crippen LogP contribution in [-0.4, -0.2) is 51.8 Å². The predicted molar refractivity (Wildman–Crippen MR) is 138 cm³/mol. The van der Waals surface area contributed by atoms with Crippen molar-refractivity contribution in [1.29, 1.82) is 0 Å². The Bertz CT molecular complexity index is 1620. The van der Waals surface area contributed by atoms with Gasteiger partial charge < -0.3 is 25.3 Å². The topological polar surface area (TPSA) is 111 Å². The number of hydrogen-bond acceptors (Lipinski definition) is 9. The van der Waals surface area contributed by atoms with Gasteiger partial charge in [0.1, 0.15) is 22.5 Å². The van der Waals surface area contributed by atoms with Crippen LogP contribution in [0.5, 0.6) is 6.01 Å². The number of ether oxygens (including phenoxy) is 1. The molecule has 7 rings (SSSR count). The normalized spacial score (nSPS) is 21.6. The molecule has 12 heteroatoms. The SMILES string of the molecule is COc1nc(N2CC3CCC(C2)N3)c2c(=O)n(C3CCC3)c(-c3ccc(F)c4sc(N)nc34)c(F)c2n1. The maximum Gasteiger partial charge on any atom is 0.318 e. The van der Waals surface area contributed by atoms with Gasteiger partial charge in [0.2, 0.25) is 0 Å². The molecule has 2 saturated heterocycles. The number of nitrogen functional groups attached to an aromatic ring is 1.